The second-order valence-electron chi connectivity index (χ2n) is 3.72. The smallest absolute Gasteiger partial charge is 0.242 e. The Morgan fingerprint density at radius 1 is 1.53 bits per heavy atom. The molecule has 0 saturated carbocycles. The lowest BCUT2D eigenvalue weighted by molar-refractivity contribution is 0.186. The van der Waals surface area contributed by atoms with Gasteiger partial charge in [-0.1, -0.05) is 0 Å². The maximum Gasteiger partial charge on any atom is 0.242 e. The van der Waals surface area contributed by atoms with Crippen LogP contribution in [0.4, 0.5) is 10.1 Å². The van der Waals surface area contributed by atoms with Crippen LogP contribution >= 0.6 is 0 Å². The Kier molecular flexibility index (Phi) is 4.44. The highest BCUT2D eigenvalue weighted by Crippen LogP contribution is 2.18. The topological polar surface area (TPSA) is 92.4 Å². The van der Waals surface area contributed by atoms with E-state index in [2.05, 4.69) is 4.72 Å². The summed E-state index contributed by atoms with van der Waals surface area (Å²) < 4.78 is 38.5. The number of rotatable bonds is 5. The van der Waals surface area contributed by atoms with Gasteiger partial charge in [-0.15, -0.1) is 0 Å². The average Bonchev–Trinajstić information content (AvgIpc) is 2.15. The molecular formula is C10H15FN2O3S. The Bertz CT molecular complexity index is 488. The van der Waals surface area contributed by atoms with Crippen molar-refractivity contribution in [3.63, 3.8) is 0 Å². The zero-order chi connectivity index (χ0) is 13.1. The van der Waals surface area contributed by atoms with Crippen LogP contribution in [0, 0.1) is 5.82 Å². The Labute approximate surface area is 99.5 Å². The number of halogens is 1. The van der Waals surface area contributed by atoms with Gasteiger partial charge < -0.3 is 10.8 Å². The number of aliphatic hydroxyl groups is 1. The molecule has 0 spiro atoms. The Morgan fingerprint density at radius 2 is 2.18 bits per heavy atom. The lowest BCUT2D eigenvalue weighted by atomic mass is 10.3. The molecule has 1 rings (SSSR count). The lowest BCUT2D eigenvalue weighted by Gasteiger charge is -2.09. The monoisotopic (exact) mass is 262 g/mol. The van der Waals surface area contributed by atoms with Gasteiger partial charge in [0.2, 0.25) is 10.0 Å². The van der Waals surface area contributed by atoms with Gasteiger partial charge in [-0.25, -0.2) is 17.5 Å². The molecule has 1 atom stereocenters. The van der Waals surface area contributed by atoms with Crippen LogP contribution in [0.1, 0.15) is 13.3 Å². The van der Waals surface area contributed by atoms with Crippen molar-refractivity contribution < 1.29 is 17.9 Å². The van der Waals surface area contributed by atoms with Gasteiger partial charge in [0, 0.05) is 6.54 Å². The first kappa shape index (κ1) is 13.9. The van der Waals surface area contributed by atoms with Gasteiger partial charge in [-0.2, -0.15) is 0 Å². The number of sulfonamides is 1. The van der Waals surface area contributed by atoms with E-state index in [1.165, 1.54) is 0 Å². The van der Waals surface area contributed by atoms with E-state index in [0.717, 1.165) is 18.2 Å². The standard InChI is InChI=1S/C10H15FN2O3S/c1-7(14)4-5-13-17(15,16)10-3-2-8(11)6-9(10)12/h2-3,6-7,13-14H,4-5,12H2,1H3. The first-order valence-electron chi connectivity index (χ1n) is 5.05. The van der Waals surface area contributed by atoms with Crippen LogP contribution in [0.5, 0.6) is 0 Å². The minimum Gasteiger partial charge on any atom is -0.398 e. The van der Waals surface area contributed by atoms with E-state index in [4.69, 9.17) is 10.8 Å². The quantitative estimate of drug-likeness (QED) is 0.672. The molecule has 1 aromatic carbocycles. The van der Waals surface area contributed by atoms with E-state index in [-0.39, 0.29) is 17.1 Å². The van der Waals surface area contributed by atoms with Gasteiger partial charge in [0.25, 0.3) is 0 Å². The summed E-state index contributed by atoms with van der Waals surface area (Å²) in [5.74, 6) is -0.592. The van der Waals surface area contributed by atoms with Crippen molar-refractivity contribution in [2.24, 2.45) is 0 Å². The number of hydrogen-bond donors (Lipinski definition) is 3. The van der Waals surface area contributed by atoms with Crippen LogP contribution in [0.3, 0.4) is 0 Å². The maximum atomic E-state index is 12.8. The van der Waals surface area contributed by atoms with E-state index >= 15 is 0 Å². The molecule has 0 radical (unpaired) electrons. The first-order chi connectivity index (χ1) is 7.83. The molecule has 1 aromatic rings. The predicted molar refractivity (Wildman–Crippen MR) is 62.3 cm³/mol. The van der Waals surface area contributed by atoms with Crippen molar-refractivity contribution in [1.29, 1.82) is 0 Å². The summed E-state index contributed by atoms with van der Waals surface area (Å²) in [7, 11) is -3.76. The van der Waals surface area contributed by atoms with Gasteiger partial charge in [0.1, 0.15) is 10.7 Å². The molecule has 0 aliphatic heterocycles. The molecule has 0 aromatic heterocycles. The molecule has 0 saturated heterocycles. The molecule has 0 fully saturated rings. The number of benzene rings is 1. The number of hydrogen-bond acceptors (Lipinski definition) is 4. The fourth-order valence-electron chi connectivity index (χ4n) is 1.24. The van der Waals surface area contributed by atoms with E-state index in [1.54, 1.807) is 6.92 Å². The van der Waals surface area contributed by atoms with Crippen molar-refractivity contribution in [1.82, 2.24) is 4.72 Å². The summed E-state index contributed by atoms with van der Waals surface area (Å²) in [6.45, 7) is 1.65. The zero-order valence-electron chi connectivity index (χ0n) is 9.35. The Hall–Kier alpha value is -1.18. The highest BCUT2D eigenvalue weighted by atomic mass is 32.2. The summed E-state index contributed by atoms with van der Waals surface area (Å²) in [5, 5.41) is 9.00. The number of nitrogens with two attached hydrogens (primary N) is 1. The first-order valence-corrected chi connectivity index (χ1v) is 6.54. The third-order valence-electron chi connectivity index (χ3n) is 2.12. The van der Waals surface area contributed by atoms with Gasteiger partial charge >= 0.3 is 0 Å². The Balaban J connectivity index is 2.83. The summed E-state index contributed by atoms with van der Waals surface area (Å²) in [4.78, 5) is -0.163. The molecule has 0 aliphatic carbocycles. The van der Waals surface area contributed by atoms with E-state index < -0.39 is 21.9 Å². The number of anilines is 1. The van der Waals surface area contributed by atoms with E-state index in [0.29, 0.717) is 6.42 Å². The number of nitrogen functional groups attached to an aromatic ring is 1. The zero-order valence-corrected chi connectivity index (χ0v) is 10.2. The number of nitrogens with one attached hydrogen (secondary N) is 1. The minimum atomic E-state index is -3.76. The molecule has 17 heavy (non-hydrogen) atoms. The van der Waals surface area contributed by atoms with Gasteiger partial charge in [-0.05, 0) is 31.5 Å². The van der Waals surface area contributed by atoms with Crippen molar-refractivity contribution in [2.45, 2.75) is 24.3 Å². The molecule has 1 unspecified atom stereocenters. The summed E-state index contributed by atoms with van der Waals surface area (Å²) in [6.07, 6.45) is -0.302. The molecule has 0 amide bonds. The largest absolute Gasteiger partial charge is 0.398 e. The fraction of sp³-hybridized carbons (Fsp3) is 0.400. The summed E-state index contributed by atoms with van der Waals surface area (Å²) in [6, 6.07) is 3.08. The SMILES string of the molecule is CC(O)CCNS(=O)(=O)c1ccc(F)cc1N. The highest BCUT2D eigenvalue weighted by molar-refractivity contribution is 7.89. The van der Waals surface area contributed by atoms with Crippen molar-refractivity contribution in [3.8, 4) is 0 Å². The third kappa shape index (κ3) is 3.95. The van der Waals surface area contributed by atoms with Crippen molar-refractivity contribution in [3.05, 3.63) is 24.0 Å². The molecule has 7 heteroatoms. The molecule has 0 bridgehead atoms. The van der Waals surface area contributed by atoms with Gasteiger partial charge in [-0.3, -0.25) is 0 Å². The van der Waals surface area contributed by atoms with Crippen molar-refractivity contribution >= 4 is 15.7 Å². The fourth-order valence-corrected chi connectivity index (χ4v) is 2.40. The van der Waals surface area contributed by atoms with E-state index in [1.807, 2.05) is 0 Å². The second kappa shape index (κ2) is 5.44. The molecule has 5 nitrogen and oxygen atoms in total. The van der Waals surface area contributed by atoms with Crippen LogP contribution in [-0.2, 0) is 10.0 Å². The van der Waals surface area contributed by atoms with Crippen molar-refractivity contribution in [2.75, 3.05) is 12.3 Å². The van der Waals surface area contributed by atoms with E-state index in [9.17, 15) is 12.8 Å². The minimum absolute atomic E-state index is 0.0941. The van der Waals surface area contributed by atoms with Crippen LogP contribution in [-0.4, -0.2) is 26.2 Å². The summed E-state index contributed by atoms with van der Waals surface area (Å²) in [5.41, 5.74) is 5.29. The van der Waals surface area contributed by atoms with Crippen LogP contribution in [0.15, 0.2) is 23.1 Å². The van der Waals surface area contributed by atoms with Gasteiger partial charge in [0.05, 0.1) is 11.8 Å². The maximum absolute atomic E-state index is 12.8. The molecule has 96 valence electrons. The molecule has 4 N–H and O–H groups in total. The van der Waals surface area contributed by atoms with Gasteiger partial charge in [0.15, 0.2) is 0 Å². The molecule has 0 aliphatic rings. The van der Waals surface area contributed by atoms with Crippen LogP contribution in [0.2, 0.25) is 0 Å². The summed E-state index contributed by atoms with van der Waals surface area (Å²) >= 11 is 0. The van der Waals surface area contributed by atoms with Crippen LogP contribution < -0.4 is 10.5 Å². The van der Waals surface area contributed by atoms with Crippen LogP contribution in [0.25, 0.3) is 0 Å². The third-order valence-corrected chi connectivity index (χ3v) is 3.65. The normalized spacial score (nSPS) is 13.6. The molecular weight excluding hydrogens is 247 g/mol. The number of aliphatic hydroxyl groups excluding tert-OH is 1. The Morgan fingerprint density at radius 3 is 2.71 bits per heavy atom. The highest BCUT2D eigenvalue weighted by Gasteiger charge is 2.17. The second-order valence-corrected chi connectivity index (χ2v) is 5.45. The predicted octanol–water partition coefficient (Wildman–Crippen LogP) is 0.457. The molecule has 0 heterocycles. The average molecular weight is 262 g/mol. The lowest BCUT2D eigenvalue weighted by Crippen LogP contribution is -2.27.